The molecule has 0 fully saturated rings. The van der Waals surface area contributed by atoms with Gasteiger partial charge in [-0.1, -0.05) is 18.2 Å². The molecule has 0 spiro atoms. The van der Waals surface area contributed by atoms with Gasteiger partial charge in [0.05, 0.1) is 10.6 Å². The van der Waals surface area contributed by atoms with Crippen LogP contribution in [0.2, 0.25) is 0 Å². The van der Waals surface area contributed by atoms with E-state index < -0.39 is 0 Å². The first kappa shape index (κ1) is 21.1. The fourth-order valence-electron chi connectivity index (χ4n) is 3.90. The van der Waals surface area contributed by atoms with Crippen molar-refractivity contribution in [2.45, 2.75) is 32.6 Å². The zero-order chi connectivity index (χ0) is 22.8. The quantitative estimate of drug-likeness (QED) is 0.454. The highest BCUT2D eigenvalue weighted by Gasteiger charge is 2.20. The zero-order valence-electron chi connectivity index (χ0n) is 18.1. The number of nitrogens with zero attached hydrogens (tertiary/aromatic N) is 3. The van der Waals surface area contributed by atoms with E-state index in [0.29, 0.717) is 23.2 Å². The molecule has 9 heteroatoms. The molecular weight excluding hydrogens is 438 g/mol. The van der Waals surface area contributed by atoms with E-state index >= 15 is 0 Å². The SMILES string of the molecule is Cc1cccc(OCC(=O)Nc2cc(-c3cccs3)nn2-c2nc3c(c(=O)[nH]2)CCCC3)c1. The molecule has 1 aliphatic carbocycles. The summed E-state index contributed by atoms with van der Waals surface area (Å²) in [4.78, 5) is 33.8. The van der Waals surface area contributed by atoms with Crippen LogP contribution in [0.5, 0.6) is 5.75 Å². The summed E-state index contributed by atoms with van der Waals surface area (Å²) in [5.74, 6) is 0.989. The van der Waals surface area contributed by atoms with Crippen LogP contribution in [0, 0.1) is 6.92 Å². The lowest BCUT2D eigenvalue weighted by Crippen LogP contribution is -2.26. The van der Waals surface area contributed by atoms with Crippen LogP contribution in [-0.4, -0.2) is 32.3 Å². The predicted octanol–water partition coefficient (Wildman–Crippen LogP) is 3.89. The second kappa shape index (κ2) is 9.03. The maximum atomic E-state index is 12.7. The van der Waals surface area contributed by atoms with Crippen molar-refractivity contribution in [3.63, 3.8) is 0 Å². The van der Waals surface area contributed by atoms with Crippen molar-refractivity contribution in [3.8, 4) is 22.3 Å². The van der Waals surface area contributed by atoms with Gasteiger partial charge in [0.2, 0.25) is 5.95 Å². The van der Waals surface area contributed by atoms with Crippen LogP contribution >= 0.6 is 11.3 Å². The number of aryl methyl sites for hydroxylation is 2. The molecule has 5 rings (SSSR count). The molecule has 0 radical (unpaired) electrons. The predicted molar refractivity (Wildman–Crippen MR) is 127 cm³/mol. The molecule has 3 aromatic heterocycles. The molecule has 0 saturated heterocycles. The normalized spacial score (nSPS) is 12.9. The number of carbonyl (C=O) groups is 1. The summed E-state index contributed by atoms with van der Waals surface area (Å²) in [7, 11) is 0. The highest BCUT2D eigenvalue weighted by atomic mass is 32.1. The Balaban J connectivity index is 1.45. The number of fused-ring (bicyclic) bond motifs is 1. The van der Waals surface area contributed by atoms with Gasteiger partial charge >= 0.3 is 0 Å². The molecule has 0 saturated carbocycles. The lowest BCUT2D eigenvalue weighted by molar-refractivity contribution is -0.118. The van der Waals surface area contributed by atoms with Gasteiger partial charge in [0.25, 0.3) is 11.5 Å². The molecule has 3 heterocycles. The average molecular weight is 462 g/mol. The van der Waals surface area contributed by atoms with E-state index in [4.69, 9.17) is 4.74 Å². The van der Waals surface area contributed by atoms with Crippen LogP contribution in [-0.2, 0) is 17.6 Å². The minimum absolute atomic E-state index is 0.150. The molecule has 0 atom stereocenters. The number of rotatable bonds is 6. The molecule has 1 aromatic carbocycles. The number of benzene rings is 1. The van der Waals surface area contributed by atoms with Gasteiger partial charge in [-0.25, -0.2) is 4.98 Å². The number of aromatic amines is 1. The van der Waals surface area contributed by atoms with Crippen molar-refractivity contribution >= 4 is 23.1 Å². The summed E-state index contributed by atoms with van der Waals surface area (Å²) >= 11 is 1.54. The van der Waals surface area contributed by atoms with Gasteiger partial charge in [0, 0.05) is 11.6 Å². The summed E-state index contributed by atoms with van der Waals surface area (Å²) in [5.41, 5.74) is 3.12. The Labute approximate surface area is 194 Å². The minimum Gasteiger partial charge on any atom is -0.484 e. The van der Waals surface area contributed by atoms with E-state index in [2.05, 4.69) is 20.4 Å². The lowest BCUT2D eigenvalue weighted by atomic mass is 9.97. The largest absolute Gasteiger partial charge is 0.484 e. The fourth-order valence-corrected chi connectivity index (χ4v) is 4.58. The molecule has 33 heavy (non-hydrogen) atoms. The molecule has 1 aliphatic rings. The van der Waals surface area contributed by atoms with Gasteiger partial charge in [-0.2, -0.15) is 9.78 Å². The van der Waals surface area contributed by atoms with Crippen LogP contribution in [0.15, 0.2) is 52.6 Å². The molecular formula is C24H23N5O3S. The van der Waals surface area contributed by atoms with Crippen molar-refractivity contribution in [1.29, 1.82) is 0 Å². The Hall–Kier alpha value is -3.72. The Kier molecular flexibility index (Phi) is 5.78. The van der Waals surface area contributed by atoms with Gasteiger partial charge in [-0.05, 0) is 61.7 Å². The first-order valence-electron chi connectivity index (χ1n) is 10.8. The molecule has 168 valence electrons. The number of hydrogen-bond acceptors (Lipinski definition) is 6. The number of thiophene rings is 1. The van der Waals surface area contributed by atoms with E-state index in [0.717, 1.165) is 47.4 Å². The Bertz CT molecular complexity index is 1360. The molecule has 8 nitrogen and oxygen atoms in total. The van der Waals surface area contributed by atoms with E-state index in [1.54, 1.807) is 23.5 Å². The van der Waals surface area contributed by atoms with E-state index in [9.17, 15) is 9.59 Å². The third-order valence-corrected chi connectivity index (χ3v) is 6.38. The molecule has 2 N–H and O–H groups in total. The standard InChI is InChI=1S/C24H23N5O3S/c1-15-6-4-7-16(12-15)32-14-22(30)26-21-13-19(20-10-5-11-33-20)28-29(21)24-25-18-9-3-2-8-17(18)23(31)27-24/h4-7,10-13H,2-3,8-9,14H2,1H3,(H,26,30)(H,25,27,31). The Morgan fingerprint density at radius 2 is 2.09 bits per heavy atom. The molecule has 0 unspecified atom stereocenters. The van der Waals surface area contributed by atoms with Crippen molar-refractivity contribution < 1.29 is 9.53 Å². The lowest BCUT2D eigenvalue weighted by Gasteiger charge is -2.15. The monoisotopic (exact) mass is 461 g/mol. The minimum atomic E-state index is -0.337. The van der Waals surface area contributed by atoms with Gasteiger partial charge in [-0.15, -0.1) is 11.3 Å². The third kappa shape index (κ3) is 4.58. The smallest absolute Gasteiger partial charge is 0.263 e. The average Bonchev–Trinajstić information content (AvgIpc) is 3.48. The van der Waals surface area contributed by atoms with E-state index in [-0.39, 0.29) is 18.1 Å². The number of H-pyrrole nitrogens is 1. The number of nitrogens with one attached hydrogen (secondary N) is 2. The Morgan fingerprint density at radius 1 is 1.21 bits per heavy atom. The summed E-state index contributed by atoms with van der Waals surface area (Å²) in [5, 5.41) is 9.45. The first-order chi connectivity index (χ1) is 16.1. The number of aromatic nitrogens is 4. The van der Waals surface area contributed by atoms with Gasteiger partial charge in [-0.3, -0.25) is 14.6 Å². The molecule has 0 bridgehead atoms. The van der Waals surface area contributed by atoms with E-state index in [1.807, 2.05) is 42.6 Å². The van der Waals surface area contributed by atoms with Crippen molar-refractivity contribution in [2.75, 3.05) is 11.9 Å². The third-order valence-electron chi connectivity index (χ3n) is 5.49. The van der Waals surface area contributed by atoms with Gasteiger partial charge < -0.3 is 10.1 Å². The van der Waals surface area contributed by atoms with Crippen LogP contribution < -0.4 is 15.6 Å². The first-order valence-corrected chi connectivity index (χ1v) is 11.7. The highest BCUT2D eigenvalue weighted by Crippen LogP contribution is 2.27. The van der Waals surface area contributed by atoms with Crippen molar-refractivity contribution in [3.05, 3.63) is 75.0 Å². The fraction of sp³-hybridized carbons (Fsp3) is 0.250. The molecule has 4 aromatic rings. The van der Waals surface area contributed by atoms with E-state index in [1.165, 1.54) is 4.68 Å². The van der Waals surface area contributed by atoms with Crippen LogP contribution in [0.1, 0.15) is 29.7 Å². The van der Waals surface area contributed by atoms with Crippen molar-refractivity contribution in [1.82, 2.24) is 19.7 Å². The second-order valence-electron chi connectivity index (χ2n) is 7.98. The van der Waals surface area contributed by atoms with Gasteiger partial charge in [0.15, 0.2) is 6.61 Å². The number of ether oxygens (including phenoxy) is 1. The topological polar surface area (TPSA) is 102 Å². The van der Waals surface area contributed by atoms with Crippen molar-refractivity contribution in [2.24, 2.45) is 0 Å². The summed E-state index contributed by atoms with van der Waals surface area (Å²) < 4.78 is 7.11. The maximum Gasteiger partial charge on any atom is 0.263 e. The highest BCUT2D eigenvalue weighted by molar-refractivity contribution is 7.13. The zero-order valence-corrected chi connectivity index (χ0v) is 18.9. The van der Waals surface area contributed by atoms with Crippen LogP contribution in [0.25, 0.3) is 16.5 Å². The molecule has 1 amide bonds. The van der Waals surface area contributed by atoms with Gasteiger partial charge in [0.1, 0.15) is 17.3 Å². The molecule has 0 aliphatic heterocycles. The maximum absolute atomic E-state index is 12.7. The number of carbonyl (C=O) groups excluding carboxylic acids is 1. The second-order valence-corrected chi connectivity index (χ2v) is 8.93. The summed E-state index contributed by atoms with van der Waals surface area (Å²) in [6, 6.07) is 13.2. The number of anilines is 1. The number of amides is 1. The summed E-state index contributed by atoms with van der Waals surface area (Å²) in [6.45, 7) is 1.81. The summed E-state index contributed by atoms with van der Waals surface area (Å²) in [6.07, 6.45) is 3.49. The van der Waals surface area contributed by atoms with Crippen LogP contribution in [0.3, 0.4) is 0 Å². The number of hydrogen-bond donors (Lipinski definition) is 2. The van der Waals surface area contributed by atoms with Crippen LogP contribution in [0.4, 0.5) is 5.82 Å². The Morgan fingerprint density at radius 3 is 2.91 bits per heavy atom.